The Balaban J connectivity index is 3.03. The Kier molecular flexibility index (Phi) is 5.05. The van der Waals surface area contributed by atoms with E-state index in [0.29, 0.717) is 0 Å². The molecular weight excluding hydrogens is 152 g/mol. The van der Waals surface area contributed by atoms with Gasteiger partial charge < -0.3 is 15.6 Å². The first-order chi connectivity index (χ1) is 5.13. The molecule has 0 unspecified atom stereocenters. The molecule has 0 heterocycles. The number of aliphatic carboxylic acids is 1. The molecule has 0 aromatic rings. The summed E-state index contributed by atoms with van der Waals surface area (Å²) in [6.45, 7) is -0.388. The molecule has 0 rings (SSSR count). The summed E-state index contributed by atoms with van der Waals surface area (Å²) in [5.74, 6) is -1.56. The Morgan fingerprint density at radius 2 is 2.18 bits per heavy atom. The SMILES string of the molecule is NC(=O)CNCOCC(=O)O. The van der Waals surface area contributed by atoms with Crippen LogP contribution in [0.5, 0.6) is 0 Å². The molecule has 0 aliphatic heterocycles. The summed E-state index contributed by atoms with van der Waals surface area (Å²) >= 11 is 0. The highest BCUT2D eigenvalue weighted by atomic mass is 16.5. The van der Waals surface area contributed by atoms with Crippen LogP contribution in [0.15, 0.2) is 0 Å². The van der Waals surface area contributed by atoms with E-state index in [0.717, 1.165) is 0 Å². The van der Waals surface area contributed by atoms with Crippen molar-refractivity contribution in [1.82, 2.24) is 5.32 Å². The summed E-state index contributed by atoms with van der Waals surface area (Å²) in [6, 6.07) is 0. The number of hydrogen-bond donors (Lipinski definition) is 3. The van der Waals surface area contributed by atoms with E-state index in [1.165, 1.54) is 0 Å². The van der Waals surface area contributed by atoms with Gasteiger partial charge >= 0.3 is 5.97 Å². The molecule has 0 aromatic heterocycles. The Morgan fingerprint density at radius 1 is 1.55 bits per heavy atom. The van der Waals surface area contributed by atoms with Gasteiger partial charge in [0, 0.05) is 0 Å². The molecule has 0 fully saturated rings. The first kappa shape index (κ1) is 9.86. The number of rotatable bonds is 6. The molecule has 0 atom stereocenters. The molecule has 0 aliphatic rings. The molecule has 0 aliphatic carbocycles. The lowest BCUT2D eigenvalue weighted by molar-refractivity contribution is -0.142. The number of carbonyl (C=O) groups is 2. The zero-order chi connectivity index (χ0) is 8.69. The van der Waals surface area contributed by atoms with E-state index in [9.17, 15) is 9.59 Å². The third kappa shape index (κ3) is 8.86. The van der Waals surface area contributed by atoms with Gasteiger partial charge in [0.25, 0.3) is 0 Å². The van der Waals surface area contributed by atoms with Crippen LogP contribution in [0.4, 0.5) is 0 Å². The average molecular weight is 162 g/mol. The van der Waals surface area contributed by atoms with Crippen LogP contribution in [0.3, 0.4) is 0 Å². The number of primary amides is 1. The molecule has 4 N–H and O–H groups in total. The van der Waals surface area contributed by atoms with Gasteiger partial charge in [-0.05, 0) is 0 Å². The van der Waals surface area contributed by atoms with Gasteiger partial charge in [0.1, 0.15) is 6.61 Å². The maximum Gasteiger partial charge on any atom is 0.329 e. The second-order valence-corrected chi connectivity index (χ2v) is 1.78. The normalized spacial score (nSPS) is 9.45. The second-order valence-electron chi connectivity index (χ2n) is 1.78. The molecule has 0 bridgehead atoms. The monoisotopic (exact) mass is 162 g/mol. The van der Waals surface area contributed by atoms with Crippen LogP contribution in [0, 0.1) is 0 Å². The lowest BCUT2D eigenvalue weighted by Gasteiger charge is -2.00. The molecule has 11 heavy (non-hydrogen) atoms. The summed E-state index contributed by atoms with van der Waals surface area (Å²) in [5.41, 5.74) is 4.76. The zero-order valence-corrected chi connectivity index (χ0v) is 5.87. The highest BCUT2D eigenvalue weighted by molar-refractivity contribution is 5.75. The van der Waals surface area contributed by atoms with E-state index in [4.69, 9.17) is 10.8 Å². The number of amides is 1. The minimum atomic E-state index is -1.05. The number of hydrogen-bond acceptors (Lipinski definition) is 4. The lowest BCUT2D eigenvalue weighted by atomic mass is 10.6. The maximum absolute atomic E-state index is 10.1. The Bertz CT molecular complexity index is 131. The van der Waals surface area contributed by atoms with Gasteiger partial charge in [-0.3, -0.25) is 10.1 Å². The molecule has 1 amide bonds. The van der Waals surface area contributed by atoms with Crippen LogP contribution in [-0.2, 0) is 14.3 Å². The van der Waals surface area contributed by atoms with Crippen LogP contribution in [0.2, 0.25) is 0 Å². The number of carbonyl (C=O) groups excluding carboxylic acids is 1. The van der Waals surface area contributed by atoms with Crippen LogP contribution in [0.25, 0.3) is 0 Å². The fourth-order valence-corrected chi connectivity index (χ4v) is 0.385. The van der Waals surface area contributed by atoms with E-state index >= 15 is 0 Å². The van der Waals surface area contributed by atoms with Crippen molar-refractivity contribution in [3.63, 3.8) is 0 Å². The molecular formula is C5H10N2O4. The lowest BCUT2D eigenvalue weighted by Crippen LogP contribution is -2.30. The Morgan fingerprint density at radius 3 is 2.64 bits per heavy atom. The molecule has 0 spiro atoms. The van der Waals surface area contributed by atoms with Crippen molar-refractivity contribution in [2.24, 2.45) is 5.73 Å². The molecule has 64 valence electrons. The minimum Gasteiger partial charge on any atom is -0.480 e. The van der Waals surface area contributed by atoms with Crippen molar-refractivity contribution >= 4 is 11.9 Å². The standard InChI is InChI=1S/C5H10N2O4/c6-4(8)1-7-3-11-2-5(9)10/h7H,1-3H2,(H2,6,8)(H,9,10). The topological polar surface area (TPSA) is 102 Å². The van der Waals surface area contributed by atoms with E-state index < -0.39 is 11.9 Å². The van der Waals surface area contributed by atoms with Crippen LogP contribution in [0.1, 0.15) is 0 Å². The van der Waals surface area contributed by atoms with Crippen molar-refractivity contribution in [1.29, 1.82) is 0 Å². The molecule has 0 aromatic carbocycles. The molecule has 0 saturated carbocycles. The Hall–Kier alpha value is -1.14. The van der Waals surface area contributed by atoms with Crippen molar-refractivity contribution in [2.45, 2.75) is 0 Å². The molecule has 6 heteroatoms. The minimum absolute atomic E-state index is 0.00917. The zero-order valence-electron chi connectivity index (χ0n) is 5.87. The maximum atomic E-state index is 10.1. The van der Waals surface area contributed by atoms with Gasteiger partial charge in [-0.1, -0.05) is 0 Å². The third-order valence-corrected chi connectivity index (χ3v) is 0.729. The van der Waals surface area contributed by atoms with Gasteiger partial charge in [-0.15, -0.1) is 0 Å². The van der Waals surface area contributed by atoms with Crippen molar-refractivity contribution in [3.05, 3.63) is 0 Å². The number of ether oxygens (including phenoxy) is 1. The fraction of sp³-hybridized carbons (Fsp3) is 0.600. The molecule has 0 saturated heterocycles. The van der Waals surface area contributed by atoms with Gasteiger partial charge in [-0.2, -0.15) is 0 Å². The van der Waals surface area contributed by atoms with Crippen LogP contribution < -0.4 is 11.1 Å². The summed E-state index contributed by atoms with van der Waals surface area (Å²) in [4.78, 5) is 19.9. The molecule has 6 nitrogen and oxygen atoms in total. The van der Waals surface area contributed by atoms with Crippen LogP contribution in [-0.4, -0.2) is 36.9 Å². The van der Waals surface area contributed by atoms with E-state index in [1.807, 2.05) is 0 Å². The van der Waals surface area contributed by atoms with Gasteiger partial charge in [-0.25, -0.2) is 4.79 Å². The third-order valence-electron chi connectivity index (χ3n) is 0.729. The van der Waals surface area contributed by atoms with Crippen molar-refractivity contribution in [2.75, 3.05) is 19.9 Å². The second kappa shape index (κ2) is 5.63. The number of nitrogens with one attached hydrogen (secondary N) is 1. The summed E-state index contributed by atoms with van der Waals surface area (Å²) in [5, 5.41) is 10.6. The van der Waals surface area contributed by atoms with Gasteiger partial charge in [0.05, 0.1) is 13.3 Å². The van der Waals surface area contributed by atoms with E-state index in [-0.39, 0.29) is 19.9 Å². The summed E-state index contributed by atoms with van der Waals surface area (Å²) in [7, 11) is 0. The van der Waals surface area contributed by atoms with E-state index in [2.05, 4.69) is 10.1 Å². The quantitative estimate of drug-likeness (QED) is 0.313. The van der Waals surface area contributed by atoms with Crippen LogP contribution >= 0.6 is 0 Å². The number of carboxylic acid groups (broad SMARTS) is 1. The van der Waals surface area contributed by atoms with E-state index in [1.54, 1.807) is 0 Å². The number of nitrogens with two attached hydrogens (primary N) is 1. The van der Waals surface area contributed by atoms with Gasteiger partial charge in [0.15, 0.2) is 0 Å². The summed E-state index contributed by atoms with van der Waals surface area (Å²) < 4.78 is 4.53. The Labute approximate surface area is 63.3 Å². The predicted octanol–water partition coefficient (Wildman–Crippen LogP) is -1.88. The number of carboxylic acids is 1. The van der Waals surface area contributed by atoms with Gasteiger partial charge in [0.2, 0.25) is 5.91 Å². The largest absolute Gasteiger partial charge is 0.480 e. The smallest absolute Gasteiger partial charge is 0.329 e. The summed E-state index contributed by atoms with van der Waals surface area (Å²) in [6.07, 6.45) is 0. The first-order valence-corrected chi connectivity index (χ1v) is 2.91. The van der Waals surface area contributed by atoms with Crippen molar-refractivity contribution in [3.8, 4) is 0 Å². The highest BCUT2D eigenvalue weighted by Gasteiger charge is 1.95. The average Bonchev–Trinajstić information content (AvgIpc) is 1.85. The molecule has 0 radical (unpaired) electrons. The van der Waals surface area contributed by atoms with Crippen molar-refractivity contribution < 1.29 is 19.4 Å². The first-order valence-electron chi connectivity index (χ1n) is 2.91. The fourth-order valence-electron chi connectivity index (χ4n) is 0.385. The predicted molar refractivity (Wildman–Crippen MR) is 35.7 cm³/mol. The highest BCUT2D eigenvalue weighted by Crippen LogP contribution is 1.70.